The molecule has 1 N–H and O–H groups in total. The molecule has 0 aromatic carbocycles. The minimum Gasteiger partial charge on any atom is -0.371 e. The normalized spacial score (nSPS) is 11.8. The Balaban J connectivity index is 2.32. The Kier molecular flexibility index (Phi) is 3.33. The van der Waals surface area contributed by atoms with Gasteiger partial charge in [-0.3, -0.25) is 0 Å². The lowest BCUT2D eigenvalue weighted by atomic mass is 10.1. The van der Waals surface area contributed by atoms with Gasteiger partial charge in [-0.25, -0.2) is 15.0 Å². The summed E-state index contributed by atoms with van der Waals surface area (Å²) < 4.78 is 2.01. The number of hydrogen-bond donors (Lipinski definition) is 1. The largest absolute Gasteiger partial charge is 0.371 e. The van der Waals surface area contributed by atoms with E-state index in [-0.39, 0.29) is 0 Å². The van der Waals surface area contributed by atoms with Gasteiger partial charge in [-0.2, -0.15) is 0 Å². The van der Waals surface area contributed by atoms with Crippen LogP contribution in [-0.2, 0) is 7.05 Å². The lowest BCUT2D eigenvalue weighted by molar-refractivity contribution is 0.669. The van der Waals surface area contributed by atoms with Crippen molar-refractivity contribution in [1.29, 1.82) is 0 Å². The van der Waals surface area contributed by atoms with Crippen LogP contribution < -0.4 is 5.32 Å². The molecule has 0 saturated heterocycles. The first kappa shape index (κ1) is 13.3. The Morgan fingerprint density at radius 2 is 2.20 bits per heavy atom. The van der Waals surface area contributed by atoms with Gasteiger partial charge in [0, 0.05) is 20.0 Å². The second kappa shape index (κ2) is 5.01. The fraction of sp³-hybridized carbons (Fsp3) is 0.429. The van der Waals surface area contributed by atoms with Gasteiger partial charge < -0.3 is 9.88 Å². The monoisotopic (exact) mass is 288 g/mol. The molecule has 0 bridgehead atoms. The van der Waals surface area contributed by atoms with Crippen molar-refractivity contribution in [3.63, 3.8) is 0 Å². The second-order valence-electron chi connectivity index (χ2n) is 4.86. The SMILES string of the molecule is [CH2]CC(CC)c1nc2c(nc(NC)c3ncn(C)c32)s1. The molecule has 0 amide bonds. The Labute approximate surface area is 122 Å². The molecule has 105 valence electrons. The van der Waals surface area contributed by atoms with Crippen molar-refractivity contribution in [2.45, 2.75) is 25.7 Å². The third kappa shape index (κ3) is 1.86. The predicted molar refractivity (Wildman–Crippen MR) is 84.2 cm³/mol. The third-order valence-electron chi connectivity index (χ3n) is 3.65. The highest BCUT2D eigenvalue weighted by Crippen LogP contribution is 2.35. The number of thiazole rings is 1. The number of nitrogens with one attached hydrogen (secondary N) is 1. The molecule has 0 spiro atoms. The molecule has 6 heteroatoms. The van der Waals surface area contributed by atoms with E-state index in [1.807, 2.05) is 25.0 Å². The van der Waals surface area contributed by atoms with E-state index in [2.05, 4.69) is 29.1 Å². The Bertz CT molecular complexity index is 754. The molecule has 0 aliphatic rings. The van der Waals surface area contributed by atoms with Gasteiger partial charge in [0.2, 0.25) is 0 Å². The standard InChI is InChI=1S/C14H18N5S/c1-5-8(6-2)13-17-10-11-9(16-7-19(11)4)12(15-3)18-14(10)20-13/h7-8H,1,5-6H2,2-4H3,(H,15,18). The first-order valence-corrected chi connectivity index (χ1v) is 7.59. The van der Waals surface area contributed by atoms with E-state index in [1.165, 1.54) is 0 Å². The molecule has 20 heavy (non-hydrogen) atoms. The van der Waals surface area contributed by atoms with Gasteiger partial charge in [-0.15, -0.1) is 0 Å². The lowest BCUT2D eigenvalue weighted by Gasteiger charge is -2.06. The smallest absolute Gasteiger partial charge is 0.155 e. The van der Waals surface area contributed by atoms with E-state index in [9.17, 15) is 0 Å². The summed E-state index contributed by atoms with van der Waals surface area (Å²) in [5.41, 5.74) is 2.87. The molecule has 0 aliphatic carbocycles. The fourth-order valence-corrected chi connectivity index (χ4v) is 3.61. The van der Waals surface area contributed by atoms with Crippen LogP contribution in [0.15, 0.2) is 6.33 Å². The summed E-state index contributed by atoms with van der Waals surface area (Å²) in [5, 5.41) is 4.25. The predicted octanol–water partition coefficient (Wildman–Crippen LogP) is 3.34. The van der Waals surface area contributed by atoms with Gasteiger partial charge in [-0.1, -0.05) is 25.2 Å². The van der Waals surface area contributed by atoms with Gasteiger partial charge in [0.05, 0.1) is 11.3 Å². The number of imidazole rings is 1. The molecule has 0 fully saturated rings. The van der Waals surface area contributed by atoms with E-state index in [0.717, 1.165) is 45.0 Å². The average Bonchev–Trinajstić information content (AvgIpc) is 3.03. The van der Waals surface area contributed by atoms with E-state index in [4.69, 9.17) is 4.98 Å². The summed E-state index contributed by atoms with van der Waals surface area (Å²) in [7, 11) is 3.86. The maximum Gasteiger partial charge on any atom is 0.155 e. The fourth-order valence-electron chi connectivity index (χ4n) is 2.45. The zero-order chi connectivity index (χ0) is 14.3. The first-order valence-electron chi connectivity index (χ1n) is 6.78. The molecule has 0 aliphatic heterocycles. The molecule has 5 nitrogen and oxygen atoms in total. The highest BCUT2D eigenvalue weighted by molar-refractivity contribution is 7.18. The average molecular weight is 288 g/mol. The van der Waals surface area contributed by atoms with Gasteiger partial charge in [-0.05, 0) is 12.8 Å². The van der Waals surface area contributed by atoms with E-state index < -0.39 is 0 Å². The van der Waals surface area contributed by atoms with Gasteiger partial charge in [0.1, 0.15) is 21.4 Å². The zero-order valence-electron chi connectivity index (χ0n) is 12.0. The maximum absolute atomic E-state index is 4.82. The number of hydrogen-bond acceptors (Lipinski definition) is 5. The molecule has 3 aromatic heterocycles. The highest BCUT2D eigenvalue weighted by atomic mass is 32.1. The van der Waals surface area contributed by atoms with E-state index >= 15 is 0 Å². The van der Waals surface area contributed by atoms with E-state index in [1.54, 1.807) is 11.3 Å². The van der Waals surface area contributed by atoms with Crippen LogP contribution in [0.4, 0.5) is 5.82 Å². The Morgan fingerprint density at radius 1 is 1.40 bits per heavy atom. The first-order chi connectivity index (χ1) is 9.69. The molecular weight excluding hydrogens is 270 g/mol. The van der Waals surface area contributed by atoms with Crippen LogP contribution >= 0.6 is 11.3 Å². The number of rotatable bonds is 4. The molecular formula is C14H18N5S. The molecule has 0 saturated carbocycles. The van der Waals surface area contributed by atoms with Crippen molar-refractivity contribution < 1.29 is 0 Å². The van der Waals surface area contributed by atoms with Gasteiger partial charge in [0.25, 0.3) is 0 Å². The lowest BCUT2D eigenvalue weighted by Crippen LogP contribution is -1.96. The van der Waals surface area contributed by atoms with Crippen LogP contribution in [0.25, 0.3) is 21.4 Å². The van der Waals surface area contributed by atoms with Crippen molar-refractivity contribution >= 4 is 38.5 Å². The molecule has 1 radical (unpaired) electrons. The van der Waals surface area contributed by atoms with Crippen LogP contribution in [-0.4, -0.2) is 26.6 Å². The third-order valence-corrected chi connectivity index (χ3v) is 4.76. The van der Waals surface area contributed by atoms with Crippen molar-refractivity contribution in [3.8, 4) is 0 Å². The summed E-state index contributed by atoms with van der Waals surface area (Å²) in [4.78, 5) is 14.9. The number of aryl methyl sites for hydroxylation is 1. The number of fused-ring (bicyclic) bond motifs is 3. The topological polar surface area (TPSA) is 55.6 Å². The molecule has 1 unspecified atom stereocenters. The van der Waals surface area contributed by atoms with Crippen LogP contribution in [0.3, 0.4) is 0 Å². The summed E-state index contributed by atoms with van der Waals surface area (Å²) in [6.45, 7) is 6.20. The summed E-state index contributed by atoms with van der Waals surface area (Å²) in [6, 6.07) is 0. The zero-order valence-corrected chi connectivity index (χ0v) is 12.8. The van der Waals surface area contributed by atoms with Crippen molar-refractivity contribution in [2.24, 2.45) is 7.05 Å². The highest BCUT2D eigenvalue weighted by Gasteiger charge is 2.19. The number of anilines is 1. The minimum atomic E-state index is 0.413. The van der Waals surface area contributed by atoms with Gasteiger partial charge >= 0.3 is 0 Å². The van der Waals surface area contributed by atoms with Crippen LogP contribution in [0.5, 0.6) is 0 Å². The molecule has 3 heterocycles. The molecule has 3 rings (SSSR count). The number of nitrogens with zero attached hydrogens (tertiary/aromatic N) is 4. The van der Waals surface area contributed by atoms with Crippen LogP contribution in [0, 0.1) is 6.92 Å². The molecule has 3 aromatic rings. The molecule has 1 atom stereocenters. The summed E-state index contributed by atoms with van der Waals surface area (Å²) in [6.07, 6.45) is 3.73. The van der Waals surface area contributed by atoms with Crippen LogP contribution in [0.1, 0.15) is 30.7 Å². The van der Waals surface area contributed by atoms with Crippen LogP contribution in [0.2, 0.25) is 0 Å². The quantitative estimate of drug-likeness (QED) is 0.800. The van der Waals surface area contributed by atoms with Crippen molar-refractivity contribution in [3.05, 3.63) is 18.3 Å². The maximum atomic E-state index is 4.82. The minimum absolute atomic E-state index is 0.413. The van der Waals surface area contributed by atoms with Crippen molar-refractivity contribution in [1.82, 2.24) is 19.5 Å². The Hall–Kier alpha value is -1.69. The van der Waals surface area contributed by atoms with Gasteiger partial charge in [0.15, 0.2) is 5.82 Å². The number of pyridine rings is 1. The number of aromatic nitrogens is 4. The van der Waals surface area contributed by atoms with E-state index in [0.29, 0.717) is 5.92 Å². The van der Waals surface area contributed by atoms with Crippen molar-refractivity contribution in [2.75, 3.05) is 12.4 Å². The second-order valence-corrected chi connectivity index (χ2v) is 5.87. The summed E-state index contributed by atoms with van der Waals surface area (Å²) >= 11 is 1.67. The summed E-state index contributed by atoms with van der Waals surface area (Å²) in [5.74, 6) is 1.22. The Morgan fingerprint density at radius 3 is 2.85 bits per heavy atom.